The minimum Gasteiger partial charge on any atom is -0.481 e. The highest BCUT2D eigenvalue weighted by Crippen LogP contribution is 2.30. The van der Waals surface area contributed by atoms with E-state index in [-0.39, 0.29) is 24.4 Å². The van der Waals surface area contributed by atoms with E-state index in [1.54, 1.807) is 13.0 Å². The van der Waals surface area contributed by atoms with Crippen molar-refractivity contribution in [2.75, 3.05) is 13.1 Å². The topological polar surface area (TPSA) is 94.9 Å². The molecule has 1 aromatic heterocycles. The van der Waals surface area contributed by atoms with Gasteiger partial charge in [-0.05, 0) is 26.3 Å². The molecule has 0 unspecified atom stereocenters. The fourth-order valence-electron chi connectivity index (χ4n) is 2.37. The zero-order chi connectivity index (χ0) is 15.1. The fraction of sp³-hybridized carbons (Fsp3) is 0.583. The number of carboxylic acids is 1. The van der Waals surface area contributed by atoms with Gasteiger partial charge in [-0.25, -0.2) is 8.42 Å². The number of aliphatic hydroxyl groups is 1. The standard InChI is InChI=1S/C12H17NO5S2/c1-7-5-11(8(2)19-7)20(17,18)13-4-3-10(14)9(6-13)12(15)16/h5,9-10,14H,3-4,6H2,1-2H3,(H,15,16)/t9-,10-/m0/s1. The number of carboxylic acid groups (broad SMARTS) is 1. The lowest BCUT2D eigenvalue weighted by Gasteiger charge is -2.33. The third kappa shape index (κ3) is 2.73. The third-order valence-electron chi connectivity index (χ3n) is 3.47. The maximum Gasteiger partial charge on any atom is 0.310 e. The van der Waals surface area contributed by atoms with Crippen molar-refractivity contribution < 1.29 is 23.4 Å². The SMILES string of the molecule is Cc1cc(S(=O)(=O)N2CC[C@H](O)[C@@H](C(=O)O)C2)c(C)s1. The van der Waals surface area contributed by atoms with Crippen LogP contribution in [0.15, 0.2) is 11.0 Å². The van der Waals surface area contributed by atoms with Gasteiger partial charge in [0, 0.05) is 22.8 Å². The molecule has 0 amide bonds. The van der Waals surface area contributed by atoms with Crippen molar-refractivity contribution in [3.05, 3.63) is 15.8 Å². The highest BCUT2D eigenvalue weighted by Gasteiger charge is 2.39. The molecule has 0 spiro atoms. The molecule has 1 fully saturated rings. The highest BCUT2D eigenvalue weighted by atomic mass is 32.2. The second-order valence-corrected chi connectivity index (χ2v) is 8.31. The molecule has 0 saturated carbocycles. The first-order valence-electron chi connectivity index (χ1n) is 6.21. The van der Waals surface area contributed by atoms with Gasteiger partial charge in [-0.15, -0.1) is 11.3 Å². The predicted molar refractivity (Wildman–Crippen MR) is 74.3 cm³/mol. The predicted octanol–water partition coefficient (Wildman–Crippen LogP) is 0.821. The molecule has 1 saturated heterocycles. The van der Waals surface area contributed by atoms with Crippen LogP contribution in [0, 0.1) is 19.8 Å². The largest absolute Gasteiger partial charge is 0.481 e. The van der Waals surface area contributed by atoms with E-state index in [2.05, 4.69) is 0 Å². The highest BCUT2D eigenvalue weighted by molar-refractivity contribution is 7.89. The number of aliphatic carboxylic acids is 1. The van der Waals surface area contributed by atoms with Crippen LogP contribution in [0.2, 0.25) is 0 Å². The summed E-state index contributed by atoms with van der Waals surface area (Å²) in [6.07, 6.45) is -0.859. The smallest absolute Gasteiger partial charge is 0.310 e. The van der Waals surface area contributed by atoms with E-state index in [0.717, 1.165) is 9.18 Å². The molecule has 0 aliphatic carbocycles. The third-order valence-corrected chi connectivity index (χ3v) is 6.56. The number of piperidine rings is 1. The maximum absolute atomic E-state index is 12.6. The summed E-state index contributed by atoms with van der Waals surface area (Å²) in [5, 5.41) is 18.7. The Labute approximate surface area is 121 Å². The molecule has 1 aromatic rings. The van der Waals surface area contributed by atoms with Crippen molar-refractivity contribution in [1.29, 1.82) is 0 Å². The number of hydrogen-bond acceptors (Lipinski definition) is 5. The number of thiophene rings is 1. The van der Waals surface area contributed by atoms with Crippen molar-refractivity contribution in [1.82, 2.24) is 4.31 Å². The van der Waals surface area contributed by atoms with Gasteiger partial charge < -0.3 is 10.2 Å². The van der Waals surface area contributed by atoms with Crippen LogP contribution in [0.5, 0.6) is 0 Å². The van der Waals surface area contributed by atoms with E-state index >= 15 is 0 Å². The Kier molecular flexibility index (Phi) is 4.19. The van der Waals surface area contributed by atoms with E-state index < -0.39 is 28.0 Å². The minimum atomic E-state index is -3.69. The average Bonchev–Trinajstić information content (AvgIpc) is 2.69. The average molecular weight is 319 g/mol. The molecule has 2 N–H and O–H groups in total. The summed E-state index contributed by atoms with van der Waals surface area (Å²) in [5.41, 5.74) is 0. The van der Waals surface area contributed by atoms with Crippen LogP contribution < -0.4 is 0 Å². The van der Waals surface area contributed by atoms with Gasteiger partial charge in [-0.1, -0.05) is 0 Å². The number of sulfonamides is 1. The van der Waals surface area contributed by atoms with E-state index in [1.165, 1.54) is 11.3 Å². The van der Waals surface area contributed by atoms with Gasteiger partial charge >= 0.3 is 5.97 Å². The van der Waals surface area contributed by atoms with Gasteiger partial charge in [0.15, 0.2) is 0 Å². The molecule has 0 aromatic carbocycles. The number of nitrogens with zero attached hydrogens (tertiary/aromatic N) is 1. The summed E-state index contributed by atoms with van der Waals surface area (Å²) >= 11 is 1.40. The second-order valence-electron chi connectivity index (χ2n) is 4.94. The molecule has 112 valence electrons. The van der Waals surface area contributed by atoms with Crippen LogP contribution in [0.1, 0.15) is 16.2 Å². The van der Waals surface area contributed by atoms with Crippen LogP contribution in [0.4, 0.5) is 0 Å². The summed E-state index contributed by atoms with van der Waals surface area (Å²) in [6, 6.07) is 1.61. The molecule has 2 heterocycles. The van der Waals surface area contributed by atoms with E-state index in [0.29, 0.717) is 4.88 Å². The number of hydrogen-bond donors (Lipinski definition) is 2. The first kappa shape index (κ1) is 15.4. The van der Waals surface area contributed by atoms with Crippen molar-refractivity contribution in [2.24, 2.45) is 5.92 Å². The molecule has 2 atom stereocenters. The summed E-state index contributed by atoms with van der Waals surface area (Å²) in [7, 11) is -3.69. The van der Waals surface area contributed by atoms with Crippen LogP contribution >= 0.6 is 11.3 Å². The Hall–Kier alpha value is -0.960. The zero-order valence-electron chi connectivity index (χ0n) is 11.2. The Morgan fingerprint density at radius 2 is 2.10 bits per heavy atom. The fourth-order valence-corrected chi connectivity index (χ4v) is 5.38. The Morgan fingerprint density at radius 3 is 2.60 bits per heavy atom. The van der Waals surface area contributed by atoms with Crippen molar-refractivity contribution >= 4 is 27.3 Å². The van der Waals surface area contributed by atoms with E-state index in [1.807, 2.05) is 6.92 Å². The number of aryl methyl sites for hydroxylation is 2. The lowest BCUT2D eigenvalue weighted by molar-refractivity contribution is -0.147. The Balaban J connectivity index is 2.31. The first-order chi connectivity index (χ1) is 9.23. The van der Waals surface area contributed by atoms with Crippen LogP contribution in [-0.2, 0) is 14.8 Å². The van der Waals surface area contributed by atoms with Gasteiger partial charge in [0.2, 0.25) is 10.0 Å². The minimum absolute atomic E-state index is 0.137. The van der Waals surface area contributed by atoms with Gasteiger partial charge in [0.05, 0.1) is 16.9 Å². The molecular formula is C12H17NO5S2. The van der Waals surface area contributed by atoms with Crippen LogP contribution in [0.3, 0.4) is 0 Å². The van der Waals surface area contributed by atoms with E-state index in [9.17, 15) is 18.3 Å². The summed E-state index contributed by atoms with van der Waals surface area (Å²) < 4.78 is 26.3. The molecule has 1 aliphatic rings. The van der Waals surface area contributed by atoms with Crippen molar-refractivity contribution in [3.8, 4) is 0 Å². The lowest BCUT2D eigenvalue weighted by Crippen LogP contribution is -2.48. The normalized spacial score (nSPS) is 24.8. The summed E-state index contributed by atoms with van der Waals surface area (Å²) in [4.78, 5) is 12.9. The molecule has 0 bridgehead atoms. The van der Waals surface area contributed by atoms with Gasteiger partial charge in [-0.3, -0.25) is 4.79 Å². The monoisotopic (exact) mass is 319 g/mol. The van der Waals surface area contributed by atoms with Gasteiger partial charge in [0.1, 0.15) is 0 Å². The van der Waals surface area contributed by atoms with Crippen LogP contribution in [-0.4, -0.2) is 48.1 Å². The lowest BCUT2D eigenvalue weighted by atomic mass is 9.96. The number of rotatable bonds is 3. The first-order valence-corrected chi connectivity index (χ1v) is 8.47. The Bertz CT molecular complexity index is 622. The molecule has 20 heavy (non-hydrogen) atoms. The van der Waals surface area contributed by atoms with Crippen LogP contribution in [0.25, 0.3) is 0 Å². The van der Waals surface area contributed by atoms with Crippen molar-refractivity contribution in [2.45, 2.75) is 31.3 Å². The van der Waals surface area contributed by atoms with Gasteiger partial charge in [-0.2, -0.15) is 4.31 Å². The summed E-state index contributed by atoms with van der Waals surface area (Å²) in [5.74, 6) is -2.24. The Morgan fingerprint density at radius 1 is 1.45 bits per heavy atom. The number of carbonyl (C=O) groups is 1. The molecule has 8 heteroatoms. The molecule has 6 nitrogen and oxygen atoms in total. The number of aliphatic hydroxyl groups excluding tert-OH is 1. The van der Waals surface area contributed by atoms with Crippen molar-refractivity contribution in [3.63, 3.8) is 0 Å². The molecule has 0 radical (unpaired) electrons. The summed E-state index contributed by atoms with van der Waals surface area (Å²) in [6.45, 7) is 3.52. The molecule has 2 rings (SSSR count). The molecule has 1 aliphatic heterocycles. The molecular weight excluding hydrogens is 302 g/mol. The maximum atomic E-state index is 12.6. The second kappa shape index (κ2) is 5.44. The zero-order valence-corrected chi connectivity index (χ0v) is 12.9. The van der Waals surface area contributed by atoms with E-state index in [4.69, 9.17) is 5.11 Å². The quantitative estimate of drug-likeness (QED) is 0.860. The van der Waals surface area contributed by atoms with Gasteiger partial charge in [0.25, 0.3) is 0 Å².